The zero-order valence-corrected chi connectivity index (χ0v) is 11.8. The molecular weight excluding hydrogens is 296 g/mol. The zero-order chi connectivity index (χ0) is 16.1. The Labute approximate surface area is 127 Å². The minimum atomic E-state index is -1.48. The van der Waals surface area contributed by atoms with Crippen LogP contribution < -0.4 is 9.47 Å². The quantitative estimate of drug-likeness (QED) is 0.417. The molecule has 1 aromatic carbocycles. The predicted octanol–water partition coefficient (Wildman–Crippen LogP) is -1.76. The van der Waals surface area contributed by atoms with Gasteiger partial charge in [0, 0.05) is 0 Å². The minimum Gasteiger partial charge on any atom is -0.491 e. The van der Waals surface area contributed by atoms with Crippen molar-refractivity contribution in [1.82, 2.24) is 0 Å². The van der Waals surface area contributed by atoms with Crippen molar-refractivity contribution in [2.75, 3.05) is 19.8 Å². The molecule has 1 heterocycles. The number of ether oxygens (including phenoxy) is 3. The third kappa shape index (κ3) is 3.86. The molecule has 1 aliphatic heterocycles. The van der Waals surface area contributed by atoms with E-state index in [1.165, 1.54) is 0 Å². The van der Waals surface area contributed by atoms with Gasteiger partial charge in [0.15, 0.2) is 0 Å². The summed E-state index contributed by atoms with van der Waals surface area (Å²) in [6, 6.07) is 6.34. The lowest BCUT2D eigenvalue weighted by Gasteiger charge is -2.39. The van der Waals surface area contributed by atoms with Gasteiger partial charge in [-0.1, -0.05) is 0 Å². The summed E-state index contributed by atoms with van der Waals surface area (Å²) in [5, 5.41) is 47.0. The van der Waals surface area contributed by atoms with Gasteiger partial charge in [-0.15, -0.1) is 0 Å². The molecule has 1 aromatic rings. The second-order valence-corrected chi connectivity index (χ2v) is 4.86. The van der Waals surface area contributed by atoms with Crippen molar-refractivity contribution >= 4 is 0 Å². The molecule has 1 aliphatic rings. The van der Waals surface area contributed by atoms with E-state index in [4.69, 9.17) is 24.4 Å². The van der Waals surface area contributed by atoms with Crippen LogP contribution in [-0.2, 0) is 4.74 Å². The molecule has 8 heteroatoms. The molecule has 0 aliphatic carbocycles. The lowest BCUT2D eigenvalue weighted by Crippen LogP contribution is -2.60. The standard InChI is InChI=1S/C14H20O8/c15-5-6-20-8-1-3-9(4-2-8)21-14-13(19)12(18)11(17)10(7-16)22-14/h1-4,10-19H,5-7H2/t10-,11-,12+,13-,14?/m1/s1. The number of rotatable bonds is 6. The monoisotopic (exact) mass is 316 g/mol. The van der Waals surface area contributed by atoms with Crippen molar-refractivity contribution in [3.8, 4) is 11.5 Å². The van der Waals surface area contributed by atoms with E-state index in [0.29, 0.717) is 11.5 Å². The van der Waals surface area contributed by atoms with Gasteiger partial charge in [0.25, 0.3) is 0 Å². The van der Waals surface area contributed by atoms with Crippen LogP contribution in [0.3, 0.4) is 0 Å². The van der Waals surface area contributed by atoms with Gasteiger partial charge in [-0.05, 0) is 24.3 Å². The van der Waals surface area contributed by atoms with Gasteiger partial charge in [-0.25, -0.2) is 0 Å². The number of hydrogen-bond donors (Lipinski definition) is 5. The van der Waals surface area contributed by atoms with Crippen molar-refractivity contribution in [2.45, 2.75) is 30.7 Å². The lowest BCUT2D eigenvalue weighted by molar-refractivity contribution is -0.277. The maximum atomic E-state index is 9.86. The Hall–Kier alpha value is -1.42. The van der Waals surface area contributed by atoms with Crippen molar-refractivity contribution in [1.29, 1.82) is 0 Å². The fourth-order valence-electron chi connectivity index (χ4n) is 2.08. The molecule has 1 fully saturated rings. The third-order valence-electron chi connectivity index (χ3n) is 3.28. The molecule has 0 bridgehead atoms. The normalized spacial score (nSPS) is 31.8. The fourth-order valence-corrected chi connectivity index (χ4v) is 2.08. The van der Waals surface area contributed by atoms with Crippen LogP contribution in [0.25, 0.3) is 0 Å². The minimum absolute atomic E-state index is 0.0941. The van der Waals surface area contributed by atoms with E-state index in [0.717, 1.165) is 0 Å². The smallest absolute Gasteiger partial charge is 0.229 e. The molecule has 8 nitrogen and oxygen atoms in total. The highest BCUT2D eigenvalue weighted by atomic mass is 16.7. The Bertz CT molecular complexity index is 449. The molecule has 124 valence electrons. The highest BCUT2D eigenvalue weighted by Crippen LogP contribution is 2.25. The van der Waals surface area contributed by atoms with Crippen LogP contribution in [0.4, 0.5) is 0 Å². The molecule has 1 unspecified atom stereocenters. The van der Waals surface area contributed by atoms with E-state index < -0.39 is 37.3 Å². The third-order valence-corrected chi connectivity index (χ3v) is 3.28. The highest BCUT2D eigenvalue weighted by molar-refractivity contribution is 5.31. The van der Waals surface area contributed by atoms with Gasteiger partial charge >= 0.3 is 0 Å². The van der Waals surface area contributed by atoms with E-state index >= 15 is 0 Å². The van der Waals surface area contributed by atoms with Gasteiger partial charge in [0.05, 0.1) is 13.2 Å². The van der Waals surface area contributed by atoms with Crippen molar-refractivity contribution in [3.05, 3.63) is 24.3 Å². The average molecular weight is 316 g/mol. The van der Waals surface area contributed by atoms with Gasteiger partial charge in [-0.3, -0.25) is 0 Å². The molecule has 0 radical (unpaired) electrons. The summed E-state index contributed by atoms with van der Waals surface area (Å²) in [6.45, 7) is -0.436. The number of benzene rings is 1. The molecule has 2 rings (SSSR count). The first kappa shape index (κ1) is 16.9. The predicted molar refractivity (Wildman–Crippen MR) is 73.4 cm³/mol. The Morgan fingerprint density at radius 1 is 0.909 bits per heavy atom. The van der Waals surface area contributed by atoms with Gasteiger partial charge in [0.2, 0.25) is 6.29 Å². The average Bonchev–Trinajstić information content (AvgIpc) is 2.54. The van der Waals surface area contributed by atoms with Crippen LogP contribution in [-0.4, -0.2) is 76.1 Å². The van der Waals surface area contributed by atoms with Crippen LogP contribution >= 0.6 is 0 Å². The molecule has 1 saturated heterocycles. The largest absolute Gasteiger partial charge is 0.491 e. The van der Waals surface area contributed by atoms with Crippen molar-refractivity contribution in [2.24, 2.45) is 0 Å². The molecule has 0 spiro atoms. The van der Waals surface area contributed by atoms with Crippen molar-refractivity contribution < 1.29 is 39.7 Å². The summed E-state index contributed by atoms with van der Waals surface area (Å²) >= 11 is 0. The van der Waals surface area contributed by atoms with E-state index in [-0.39, 0.29) is 13.2 Å². The Morgan fingerprint density at radius 3 is 2.14 bits per heavy atom. The molecule has 0 aromatic heterocycles. The summed E-state index contributed by atoms with van der Waals surface area (Å²) in [7, 11) is 0. The summed E-state index contributed by atoms with van der Waals surface area (Å²) < 4.78 is 15.8. The first-order chi connectivity index (χ1) is 10.6. The SMILES string of the molecule is OCCOc1ccc(OC2O[C@H](CO)[C@@H](O)[C@H](O)[C@H]2O)cc1. The molecular formula is C14H20O8. The summed E-state index contributed by atoms with van der Waals surface area (Å²) in [5.41, 5.74) is 0. The van der Waals surface area contributed by atoms with Gasteiger partial charge in [-0.2, -0.15) is 0 Å². The second kappa shape index (κ2) is 7.73. The first-order valence-electron chi connectivity index (χ1n) is 6.87. The number of hydrogen-bond acceptors (Lipinski definition) is 8. The van der Waals surface area contributed by atoms with E-state index in [1.807, 2.05) is 0 Å². The molecule has 0 amide bonds. The molecule has 5 atom stereocenters. The Balaban J connectivity index is 1.99. The maximum Gasteiger partial charge on any atom is 0.229 e. The topological polar surface area (TPSA) is 129 Å². The van der Waals surface area contributed by atoms with Gasteiger partial charge in [0.1, 0.15) is 42.5 Å². The van der Waals surface area contributed by atoms with Crippen LogP contribution in [0.2, 0.25) is 0 Å². The first-order valence-corrected chi connectivity index (χ1v) is 6.87. The Kier molecular flexibility index (Phi) is 5.95. The second-order valence-electron chi connectivity index (χ2n) is 4.86. The van der Waals surface area contributed by atoms with Crippen LogP contribution in [0.5, 0.6) is 11.5 Å². The Morgan fingerprint density at radius 2 is 1.55 bits per heavy atom. The van der Waals surface area contributed by atoms with Crippen LogP contribution in [0.15, 0.2) is 24.3 Å². The van der Waals surface area contributed by atoms with E-state index in [9.17, 15) is 15.3 Å². The zero-order valence-electron chi connectivity index (χ0n) is 11.8. The maximum absolute atomic E-state index is 9.86. The van der Waals surface area contributed by atoms with Gasteiger partial charge < -0.3 is 39.7 Å². The van der Waals surface area contributed by atoms with Crippen LogP contribution in [0.1, 0.15) is 0 Å². The molecule has 0 saturated carbocycles. The summed E-state index contributed by atoms with van der Waals surface area (Å²) in [4.78, 5) is 0. The van der Waals surface area contributed by atoms with E-state index in [2.05, 4.69) is 0 Å². The molecule has 22 heavy (non-hydrogen) atoms. The van der Waals surface area contributed by atoms with E-state index in [1.54, 1.807) is 24.3 Å². The van der Waals surface area contributed by atoms with Crippen molar-refractivity contribution in [3.63, 3.8) is 0 Å². The summed E-state index contributed by atoms with van der Waals surface area (Å²) in [5.74, 6) is 0.885. The summed E-state index contributed by atoms with van der Waals surface area (Å²) in [6.07, 6.45) is -6.60. The number of aliphatic hydroxyl groups excluding tert-OH is 5. The number of aliphatic hydroxyl groups is 5. The highest BCUT2D eigenvalue weighted by Gasteiger charge is 2.44. The lowest BCUT2D eigenvalue weighted by atomic mass is 9.99. The van der Waals surface area contributed by atoms with Crippen LogP contribution in [0, 0.1) is 0 Å². The fraction of sp³-hybridized carbons (Fsp3) is 0.571. The molecule has 5 N–H and O–H groups in total.